The number of pyridine rings is 1. The predicted octanol–water partition coefficient (Wildman–Crippen LogP) is 2.25. The van der Waals surface area contributed by atoms with Gasteiger partial charge in [0.25, 0.3) is 0 Å². The first-order valence-corrected chi connectivity index (χ1v) is 7.28. The lowest BCUT2D eigenvalue weighted by Crippen LogP contribution is -2.12. The molecule has 1 unspecified atom stereocenters. The van der Waals surface area contributed by atoms with Crippen molar-refractivity contribution in [3.05, 3.63) is 23.5 Å². The Labute approximate surface area is 130 Å². The van der Waals surface area contributed by atoms with Crippen LogP contribution in [0.25, 0.3) is 0 Å². The molecule has 0 aromatic carbocycles. The first-order valence-electron chi connectivity index (χ1n) is 7.28. The zero-order valence-electron chi connectivity index (χ0n) is 13.2. The molecule has 22 heavy (non-hydrogen) atoms. The monoisotopic (exact) mass is 309 g/mol. The fraction of sp³-hybridized carbons (Fsp3) is 0.562. The Balaban J connectivity index is 0.00000116. The van der Waals surface area contributed by atoms with Gasteiger partial charge in [0.05, 0.1) is 12.3 Å². The third kappa shape index (κ3) is 5.11. The van der Waals surface area contributed by atoms with Crippen molar-refractivity contribution in [3.8, 4) is 5.75 Å². The molecule has 1 aromatic rings. The summed E-state index contributed by atoms with van der Waals surface area (Å²) in [5, 5.41) is 0. The van der Waals surface area contributed by atoms with E-state index >= 15 is 0 Å². The van der Waals surface area contributed by atoms with Crippen LogP contribution in [0.2, 0.25) is 0 Å². The van der Waals surface area contributed by atoms with Crippen molar-refractivity contribution in [2.45, 2.75) is 38.7 Å². The molecular weight excluding hydrogens is 286 g/mol. The molecule has 1 aliphatic carbocycles. The highest BCUT2D eigenvalue weighted by Crippen LogP contribution is 2.34. The van der Waals surface area contributed by atoms with E-state index in [1.807, 2.05) is 12.9 Å². The van der Waals surface area contributed by atoms with Crippen molar-refractivity contribution in [3.63, 3.8) is 0 Å². The minimum absolute atomic E-state index is 0.254. The summed E-state index contributed by atoms with van der Waals surface area (Å²) in [6.07, 6.45) is 5.26. The van der Waals surface area contributed by atoms with Crippen LogP contribution in [0.4, 0.5) is 0 Å². The maximum Gasteiger partial charge on any atom is 0.303 e. The van der Waals surface area contributed by atoms with E-state index in [-0.39, 0.29) is 12.1 Å². The standard InChI is InChI=1S/C15H21NO4.CH2O/c1-11(17)20-14-6-4-3-5-12-13(19-10-9-18-2)7-8-16-15(12)14;1-2/h7-8,14H,3-6,9-10H2,1-2H3;1H2. The van der Waals surface area contributed by atoms with Crippen molar-refractivity contribution in [1.29, 1.82) is 0 Å². The average molecular weight is 309 g/mol. The van der Waals surface area contributed by atoms with Crippen molar-refractivity contribution in [1.82, 2.24) is 4.98 Å². The maximum atomic E-state index is 11.2. The van der Waals surface area contributed by atoms with E-state index in [0.29, 0.717) is 13.2 Å². The normalized spacial score (nSPS) is 16.5. The Morgan fingerprint density at radius 3 is 2.82 bits per heavy atom. The number of carbonyl (C=O) groups is 2. The summed E-state index contributed by atoms with van der Waals surface area (Å²) in [6.45, 7) is 4.49. The molecular formula is C16H23NO5. The second kappa shape index (κ2) is 9.89. The summed E-state index contributed by atoms with van der Waals surface area (Å²) in [5.41, 5.74) is 1.90. The summed E-state index contributed by atoms with van der Waals surface area (Å²) in [4.78, 5) is 23.6. The third-order valence-corrected chi connectivity index (χ3v) is 3.35. The molecule has 0 spiro atoms. The summed E-state index contributed by atoms with van der Waals surface area (Å²) in [6, 6.07) is 1.87. The largest absolute Gasteiger partial charge is 0.491 e. The number of esters is 1. The molecule has 1 heterocycles. The zero-order valence-corrected chi connectivity index (χ0v) is 13.2. The van der Waals surface area contributed by atoms with Crippen LogP contribution in [0, 0.1) is 0 Å². The number of hydrogen-bond acceptors (Lipinski definition) is 6. The van der Waals surface area contributed by atoms with Gasteiger partial charge in [-0.25, -0.2) is 0 Å². The third-order valence-electron chi connectivity index (χ3n) is 3.35. The van der Waals surface area contributed by atoms with Gasteiger partial charge in [0, 0.05) is 25.8 Å². The number of carbonyl (C=O) groups excluding carboxylic acids is 2. The Hall–Kier alpha value is -1.95. The van der Waals surface area contributed by atoms with Gasteiger partial charge in [-0.05, 0) is 31.7 Å². The highest BCUT2D eigenvalue weighted by Gasteiger charge is 2.24. The molecule has 6 heteroatoms. The number of rotatable bonds is 5. The van der Waals surface area contributed by atoms with Gasteiger partial charge in [-0.2, -0.15) is 0 Å². The van der Waals surface area contributed by atoms with Crippen molar-refractivity contribution in [2.24, 2.45) is 0 Å². The Morgan fingerprint density at radius 2 is 2.14 bits per heavy atom. The summed E-state index contributed by atoms with van der Waals surface area (Å²) in [5.74, 6) is 0.557. The fourth-order valence-corrected chi connectivity index (χ4v) is 2.47. The van der Waals surface area contributed by atoms with Gasteiger partial charge in [0.1, 0.15) is 25.2 Å². The number of hydrogen-bond donors (Lipinski definition) is 0. The molecule has 0 bridgehead atoms. The minimum Gasteiger partial charge on any atom is -0.491 e. The summed E-state index contributed by atoms with van der Waals surface area (Å²) >= 11 is 0. The molecule has 0 N–H and O–H groups in total. The van der Waals surface area contributed by atoms with Crippen molar-refractivity contribution < 1.29 is 23.8 Å². The van der Waals surface area contributed by atoms with Crippen LogP contribution in [0.15, 0.2) is 12.3 Å². The maximum absolute atomic E-state index is 11.2. The van der Waals surface area contributed by atoms with E-state index in [9.17, 15) is 4.79 Å². The minimum atomic E-state index is -0.268. The second-order valence-corrected chi connectivity index (χ2v) is 4.86. The van der Waals surface area contributed by atoms with Gasteiger partial charge in [-0.1, -0.05) is 0 Å². The van der Waals surface area contributed by atoms with Gasteiger partial charge < -0.3 is 19.0 Å². The van der Waals surface area contributed by atoms with Crippen LogP contribution in [0.3, 0.4) is 0 Å². The molecule has 0 fully saturated rings. The van der Waals surface area contributed by atoms with Crippen LogP contribution in [0.1, 0.15) is 43.5 Å². The van der Waals surface area contributed by atoms with Crippen molar-refractivity contribution >= 4 is 12.8 Å². The number of fused-ring (bicyclic) bond motifs is 1. The number of nitrogens with zero attached hydrogens (tertiary/aromatic N) is 1. The molecule has 1 aromatic heterocycles. The highest BCUT2D eigenvalue weighted by atomic mass is 16.5. The smallest absolute Gasteiger partial charge is 0.303 e. The lowest BCUT2D eigenvalue weighted by Gasteiger charge is -2.18. The molecule has 1 atom stereocenters. The van der Waals surface area contributed by atoms with E-state index in [0.717, 1.165) is 42.7 Å². The molecule has 1 aliphatic rings. The molecule has 122 valence electrons. The van der Waals surface area contributed by atoms with E-state index in [4.69, 9.17) is 19.0 Å². The van der Waals surface area contributed by atoms with Gasteiger partial charge in [0.15, 0.2) is 0 Å². The molecule has 6 nitrogen and oxygen atoms in total. The molecule has 0 saturated carbocycles. The van der Waals surface area contributed by atoms with Gasteiger partial charge in [-0.15, -0.1) is 0 Å². The SMILES string of the molecule is C=O.COCCOc1ccnc2c1CCCCC2OC(C)=O. The predicted molar refractivity (Wildman–Crippen MR) is 80.8 cm³/mol. The number of ether oxygens (including phenoxy) is 3. The average Bonchev–Trinajstić information content (AvgIpc) is 2.72. The van der Waals surface area contributed by atoms with E-state index in [2.05, 4.69) is 4.98 Å². The molecule has 0 radical (unpaired) electrons. The molecule has 0 aliphatic heterocycles. The van der Waals surface area contributed by atoms with E-state index in [1.165, 1.54) is 6.92 Å². The second-order valence-electron chi connectivity index (χ2n) is 4.86. The first-order chi connectivity index (χ1) is 10.7. The number of methoxy groups -OCH3 is 1. The lowest BCUT2D eigenvalue weighted by atomic mass is 10.1. The summed E-state index contributed by atoms with van der Waals surface area (Å²) < 4.78 is 16.1. The Morgan fingerprint density at radius 1 is 1.36 bits per heavy atom. The Bertz CT molecular complexity index is 478. The first kappa shape index (κ1) is 18.1. The molecule has 0 amide bonds. The van der Waals surface area contributed by atoms with E-state index < -0.39 is 0 Å². The zero-order chi connectivity index (χ0) is 16.4. The van der Waals surface area contributed by atoms with Crippen LogP contribution in [-0.4, -0.2) is 38.1 Å². The highest BCUT2D eigenvalue weighted by molar-refractivity contribution is 5.66. The lowest BCUT2D eigenvalue weighted by molar-refractivity contribution is -0.147. The quantitative estimate of drug-likeness (QED) is 0.472. The fourth-order valence-electron chi connectivity index (χ4n) is 2.47. The van der Waals surface area contributed by atoms with Crippen LogP contribution < -0.4 is 4.74 Å². The van der Waals surface area contributed by atoms with Crippen LogP contribution in [0.5, 0.6) is 5.75 Å². The van der Waals surface area contributed by atoms with Crippen molar-refractivity contribution in [2.75, 3.05) is 20.3 Å². The topological polar surface area (TPSA) is 74.7 Å². The van der Waals surface area contributed by atoms with Crippen LogP contribution >= 0.6 is 0 Å². The van der Waals surface area contributed by atoms with Crippen LogP contribution in [-0.2, 0) is 25.5 Å². The number of aromatic nitrogens is 1. The Kier molecular flexibility index (Phi) is 8.14. The van der Waals surface area contributed by atoms with Gasteiger partial charge in [0.2, 0.25) is 0 Å². The summed E-state index contributed by atoms with van der Waals surface area (Å²) in [7, 11) is 1.65. The molecule has 0 saturated heterocycles. The molecule has 2 rings (SSSR count). The van der Waals surface area contributed by atoms with E-state index in [1.54, 1.807) is 13.3 Å². The van der Waals surface area contributed by atoms with Gasteiger partial charge in [-0.3, -0.25) is 9.78 Å². The van der Waals surface area contributed by atoms with Gasteiger partial charge >= 0.3 is 5.97 Å².